The summed E-state index contributed by atoms with van der Waals surface area (Å²) in [5, 5.41) is 0. The van der Waals surface area contributed by atoms with E-state index in [1.807, 2.05) is 0 Å². The Morgan fingerprint density at radius 1 is 0.773 bits per heavy atom. The molecule has 22 heavy (non-hydrogen) atoms. The van der Waals surface area contributed by atoms with Crippen molar-refractivity contribution < 1.29 is 23.5 Å². The van der Waals surface area contributed by atoms with Crippen LogP contribution in [0.5, 0.6) is 0 Å². The SMILES string of the molecule is CC(C)[O][Zr]([c]1ccccc1)([c]1ccccc1)[CH]1C=CC=C1. The molecule has 0 atom stereocenters. The summed E-state index contributed by atoms with van der Waals surface area (Å²) in [5.74, 6) is 0. The Labute approximate surface area is 138 Å². The fourth-order valence-corrected chi connectivity index (χ4v) is 14.1. The number of hydrogen-bond acceptors (Lipinski definition) is 1. The van der Waals surface area contributed by atoms with E-state index in [1.165, 1.54) is 6.54 Å². The summed E-state index contributed by atoms with van der Waals surface area (Å²) in [7, 11) is 0. The first-order chi connectivity index (χ1) is 10.7. The molecular formula is C20H22OZr. The minimum atomic E-state index is -3.31. The predicted molar refractivity (Wildman–Crippen MR) is 90.4 cm³/mol. The molecule has 2 heteroatoms. The van der Waals surface area contributed by atoms with Crippen molar-refractivity contribution in [2.24, 2.45) is 0 Å². The molecule has 0 aromatic heterocycles. The zero-order valence-electron chi connectivity index (χ0n) is 13.1. The van der Waals surface area contributed by atoms with E-state index < -0.39 is 20.7 Å². The van der Waals surface area contributed by atoms with Crippen molar-refractivity contribution in [1.29, 1.82) is 0 Å². The Morgan fingerprint density at radius 2 is 1.23 bits per heavy atom. The van der Waals surface area contributed by atoms with E-state index in [2.05, 4.69) is 98.8 Å². The Morgan fingerprint density at radius 3 is 1.64 bits per heavy atom. The van der Waals surface area contributed by atoms with Gasteiger partial charge in [0.15, 0.2) is 0 Å². The molecule has 1 aliphatic carbocycles. The fourth-order valence-electron chi connectivity index (χ4n) is 3.21. The molecule has 0 fully saturated rings. The van der Waals surface area contributed by atoms with Crippen LogP contribution in [0.25, 0.3) is 0 Å². The summed E-state index contributed by atoms with van der Waals surface area (Å²) in [4.78, 5) is 0. The van der Waals surface area contributed by atoms with E-state index in [9.17, 15) is 0 Å². The van der Waals surface area contributed by atoms with Gasteiger partial charge in [0.05, 0.1) is 0 Å². The number of benzene rings is 2. The van der Waals surface area contributed by atoms with Gasteiger partial charge in [-0.1, -0.05) is 0 Å². The van der Waals surface area contributed by atoms with Gasteiger partial charge in [-0.05, 0) is 0 Å². The average molecular weight is 370 g/mol. The molecule has 1 nitrogen and oxygen atoms in total. The quantitative estimate of drug-likeness (QED) is 0.773. The molecule has 0 spiro atoms. The van der Waals surface area contributed by atoms with Crippen LogP contribution in [0.15, 0.2) is 85.0 Å². The van der Waals surface area contributed by atoms with Gasteiger partial charge in [0.25, 0.3) is 0 Å². The predicted octanol–water partition coefficient (Wildman–Crippen LogP) is 4.05. The zero-order valence-corrected chi connectivity index (χ0v) is 15.6. The summed E-state index contributed by atoms with van der Waals surface area (Å²) >= 11 is -3.31. The van der Waals surface area contributed by atoms with Gasteiger partial charge >= 0.3 is 139 Å². The monoisotopic (exact) mass is 368 g/mol. The summed E-state index contributed by atoms with van der Waals surface area (Å²) in [5.41, 5.74) is 0. The molecule has 0 radical (unpaired) electrons. The van der Waals surface area contributed by atoms with Gasteiger partial charge in [0, 0.05) is 0 Å². The standard InChI is InChI=1S/2C6H5.C5H5.C3H7O.Zr/c2*1-2-4-6-5-3-1;1-2-4-5-3-1;1-3(2)4;/h2*1-5H;1-5H;3H,1-2H3;/q;;;-1;+1. The van der Waals surface area contributed by atoms with Crippen LogP contribution in [0.4, 0.5) is 0 Å². The van der Waals surface area contributed by atoms with Gasteiger partial charge in [-0.3, -0.25) is 0 Å². The second kappa shape index (κ2) is 6.90. The molecule has 0 saturated carbocycles. The Bertz CT molecular complexity index is 607. The van der Waals surface area contributed by atoms with E-state index >= 15 is 0 Å². The maximum absolute atomic E-state index is 6.80. The molecule has 0 saturated heterocycles. The Hall–Kier alpha value is -1.24. The van der Waals surface area contributed by atoms with Gasteiger partial charge in [-0.2, -0.15) is 0 Å². The van der Waals surface area contributed by atoms with Gasteiger partial charge in [0.2, 0.25) is 0 Å². The van der Waals surface area contributed by atoms with Crippen LogP contribution < -0.4 is 6.54 Å². The Balaban J connectivity index is 2.22. The van der Waals surface area contributed by atoms with Crippen molar-refractivity contribution in [2.75, 3.05) is 0 Å². The molecule has 0 unspecified atom stereocenters. The van der Waals surface area contributed by atoms with Crippen LogP contribution in [0, 0.1) is 0 Å². The van der Waals surface area contributed by atoms with Gasteiger partial charge < -0.3 is 0 Å². The van der Waals surface area contributed by atoms with Crippen LogP contribution in [0.2, 0.25) is 3.63 Å². The molecule has 0 heterocycles. The summed E-state index contributed by atoms with van der Waals surface area (Å²) in [6.45, 7) is 4.31. The van der Waals surface area contributed by atoms with Crippen molar-refractivity contribution in [3.05, 3.63) is 85.0 Å². The first-order valence-electron chi connectivity index (χ1n) is 7.87. The minimum absolute atomic E-state index is 0.221. The van der Waals surface area contributed by atoms with E-state index in [0.717, 1.165) is 0 Å². The third-order valence-electron chi connectivity index (χ3n) is 4.04. The third-order valence-corrected chi connectivity index (χ3v) is 15.2. The zero-order chi connectivity index (χ0) is 15.4. The molecule has 0 amide bonds. The number of allylic oxidation sites excluding steroid dienone is 4. The molecule has 2 aromatic rings. The van der Waals surface area contributed by atoms with Gasteiger partial charge in [-0.25, -0.2) is 0 Å². The van der Waals surface area contributed by atoms with Crippen molar-refractivity contribution in [3.63, 3.8) is 0 Å². The van der Waals surface area contributed by atoms with E-state index in [4.69, 9.17) is 2.81 Å². The summed E-state index contributed by atoms with van der Waals surface area (Å²) < 4.78 is 10.0. The second-order valence-electron chi connectivity index (χ2n) is 5.93. The number of hydrogen-bond donors (Lipinski definition) is 0. The van der Waals surface area contributed by atoms with Crippen molar-refractivity contribution >= 4 is 6.54 Å². The van der Waals surface area contributed by atoms with Crippen LogP contribution in [0.1, 0.15) is 13.8 Å². The first-order valence-corrected chi connectivity index (χ1v) is 12.8. The molecule has 0 N–H and O–H groups in total. The van der Waals surface area contributed by atoms with Crippen molar-refractivity contribution in [1.82, 2.24) is 0 Å². The molecule has 2 aromatic carbocycles. The van der Waals surface area contributed by atoms with E-state index in [0.29, 0.717) is 3.63 Å². The van der Waals surface area contributed by atoms with Crippen LogP contribution in [0.3, 0.4) is 0 Å². The topological polar surface area (TPSA) is 9.23 Å². The first kappa shape index (κ1) is 15.7. The maximum atomic E-state index is 6.80. The van der Waals surface area contributed by atoms with Crippen LogP contribution in [-0.4, -0.2) is 6.10 Å². The molecule has 112 valence electrons. The van der Waals surface area contributed by atoms with Gasteiger partial charge in [-0.15, -0.1) is 0 Å². The molecule has 1 aliphatic rings. The van der Waals surface area contributed by atoms with Crippen LogP contribution >= 0.6 is 0 Å². The Kier molecular flexibility index (Phi) is 4.91. The van der Waals surface area contributed by atoms with Crippen LogP contribution in [-0.2, 0) is 23.5 Å². The summed E-state index contributed by atoms with van der Waals surface area (Å²) in [6.07, 6.45) is 9.17. The molecular weight excluding hydrogens is 347 g/mol. The fraction of sp³-hybridized carbons (Fsp3) is 0.200. The van der Waals surface area contributed by atoms with E-state index in [1.54, 1.807) is 0 Å². The third kappa shape index (κ3) is 2.95. The van der Waals surface area contributed by atoms with Crippen molar-refractivity contribution in [2.45, 2.75) is 23.6 Å². The van der Waals surface area contributed by atoms with Crippen molar-refractivity contribution in [3.8, 4) is 0 Å². The summed E-state index contributed by atoms with van der Waals surface area (Å²) in [6, 6.07) is 21.7. The van der Waals surface area contributed by atoms with E-state index in [-0.39, 0.29) is 6.10 Å². The normalized spacial score (nSPS) is 14.9. The number of rotatable bonds is 5. The average Bonchev–Trinajstić information content (AvgIpc) is 3.09. The molecule has 0 bridgehead atoms. The molecule has 3 rings (SSSR count). The second-order valence-corrected chi connectivity index (χ2v) is 14.6. The van der Waals surface area contributed by atoms with Gasteiger partial charge in [0.1, 0.15) is 0 Å². The molecule has 0 aliphatic heterocycles.